The van der Waals surface area contributed by atoms with Gasteiger partial charge in [0.2, 0.25) is 5.91 Å². The van der Waals surface area contributed by atoms with Crippen LogP contribution in [0.2, 0.25) is 0 Å². The lowest BCUT2D eigenvalue weighted by Gasteiger charge is -2.15. The van der Waals surface area contributed by atoms with Crippen molar-refractivity contribution in [3.8, 4) is 0 Å². The van der Waals surface area contributed by atoms with Gasteiger partial charge in [-0.25, -0.2) is 4.39 Å². The zero-order valence-electron chi connectivity index (χ0n) is 17.4. The van der Waals surface area contributed by atoms with Crippen LogP contribution in [0.4, 0.5) is 4.39 Å². The predicted octanol–water partition coefficient (Wildman–Crippen LogP) is 3.86. The lowest BCUT2D eigenvalue weighted by atomic mass is 10.1. The van der Waals surface area contributed by atoms with Gasteiger partial charge in [-0.1, -0.05) is 36.4 Å². The van der Waals surface area contributed by atoms with Gasteiger partial charge in [0.05, 0.1) is 0 Å². The number of benzene rings is 2. The van der Waals surface area contributed by atoms with E-state index in [0.717, 1.165) is 30.9 Å². The Morgan fingerprint density at radius 1 is 1.07 bits per heavy atom. The van der Waals surface area contributed by atoms with E-state index in [1.807, 2.05) is 24.0 Å². The summed E-state index contributed by atoms with van der Waals surface area (Å²) >= 11 is 0. The monoisotopic (exact) mass is 524 g/mol. The van der Waals surface area contributed by atoms with E-state index >= 15 is 0 Å². The Morgan fingerprint density at radius 3 is 2.37 bits per heavy atom. The van der Waals surface area contributed by atoms with E-state index < -0.39 is 0 Å². The molecular formula is C23H30FIN4O. The minimum atomic E-state index is -0.219. The summed E-state index contributed by atoms with van der Waals surface area (Å²) in [6.45, 7) is 5.53. The van der Waals surface area contributed by atoms with Crippen LogP contribution < -0.4 is 10.6 Å². The third-order valence-corrected chi connectivity index (χ3v) is 4.98. The van der Waals surface area contributed by atoms with Gasteiger partial charge in [0, 0.05) is 39.1 Å². The van der Waals surface area contributed by atoms with Gasteiger partial charge < -0.3 is 15.5 Å². The van der Waals surface area contributed by atoms with Crippen molar-refractivity contribution in [1.29, 1.82) is 0 Å². The SMILES string of the molecule is CCNC(=NCCCC(=O)N1Cc2ccccc2C1)NCCc1ccc(F)cc1.I. The van der Waals surface area contributed by atoms with Crippen LogP contribution in [0.15, 0.2) is 53.5 Å². The number of nitrogens with zero attached hydrogens (tertiary/aromatic N) is 2. The molecule has 0 aliphatic carbocycles. The van der Waals surface area contributed by atoms with Gasteiger partial charge in [-0.15, -0.1) is 24.0 Å². The number of hydrogen-bond acceptors (Lipinski definition) is 2. The fraction of sp³-hybridized carbons (Fsp3) is 0.391. The Kier molecular flexibility index (Phi) is 10.1. The van der Waals surface area contributed by atoms with Gasteiger partial charge in [0.1, 0.15) is 5.82 Å². The highest BCUT2D eigenvalue weighted by atomic mass is 127. The van der Waals surface area contributed by atoms with Crippen molar-refractivity contribution >= 4 is 35.8 Å². The number of aliphatic imine (C=N–C) groups is 1. The van der Waals surface area contributed by atoms with Gasteiger partial charge in [-0.3, -0.25) is 9.79 Å². The van der Waals surface area contributed by atoms with Crippen molar-refractivity contribution < 1.29 is 9.18 Å². The first-order valence-corrected chi connectivity index (χ1v) is 10.3. The maximum atomic E-state index is 13.0. The van der Waals surface area contributed by atoms with Gasteiger partial charge in [0.25, 0.3) is 0 Å². The van der Waals surface area contributed by atoms with Gasteiger partial charge in [-0.2, -0.15) is 0 Å². The average molecular weight is 524 g/mol. The predicted molar refractivity (Wildman–Crippen MR) is 129 cm³/mol. The second-order valence-electron chi connectivity index (χ2n) is 7.19. The maximum absolute atomic E-state index is 13.0. The molecule has 0 saturated heterocycles. The number of halogens is 2. The Labute approximate surface area is 195 Å². The molecule has 0 atom stereocenters. The molecule has 0 fully saturated rings. The quantitative estimate of drug-likeness (QED) is 0.239. The first-order chi connectivity index (χ1) is 14.2. The van der Waals surface area contributed by atoms with Crippen LogP contribution in [0.25, 0.3) is 0 Å². The zero-order valence-corrected chi connectivity index (χ0v) is 19.7. The largest absolute Gasteiger partial charge is 0.357 e. The van der Waals surface area contributed by atoms with E-state index in [1.165, 1.54) is 23.3 Å². The highest BCUT2D eigenvalue weighted by Gasteiger charge is 2.22. The van der Waals surface area contributed by atoms with Crippen molar-refractivity contribution in [2.45, 2.75) is 39.3 Å². The third-order valence-electron chi connectivity index (χ3n) is 4.98. The first kappa shape index (κ1) is 24.1. The van der Waals surface area contributed by atoms with Crippen LogP contribution in [0.1, 0.15) is 36.5 Å². The Morgan fingerprint density at radius 2 is 1.73 bits per heavy atom. The molecule has 3 rings (SSSR count). The molecule has 5 nitrogen and oxygen atoms in total. The standard InChI is InChI=1S/C23H29FN4O.HI/c1-2-25-23(27-15-13-18-9-11-21(24)12-10-18)26-14-5-8-22(29)28-16-19-6-3-4-7-20(19)17-28;/h3-4,6-7,9-12H,2,5,8,13-17H2,1H3,(H2,25,26,27);1H. The summed E-state index contributed by atoms with van der Waals surface area (Å²) in [6.07, 6.45) is 2.02. The van der Waals surface area contributed by atoms with Gasteiger partial charge in [-0.05, 0) is 48.6 Å². The lowest BCUT2D eigenvalue weighted by molar-refractivity contribution is -0.131. The van der Waals surface area contributed by atoms with Crippen LogP contribution in [0.5, 0.6) is 0 Å². The number of carbonyl (C=O) groups is 1. The molecule has 7 heteroatoms. The number of fused-ring (bicyclic) bond motifs is 1. The molecule has 0 saturated carbocycles. The molecular weight excluding hydrogens is 494 g/mol. The zero-order chi connectivity index (χ0) is 20.5. The highest BCUT2D eigenvalue weighted by molar-refractivity contribution is 14.0. The Bertz CT molecular complexity index is 816. The molecule has 30 heavy (non-hydrogen) atoms. The van der Waals surface area contributed by atoms with Crippen molar-refractivity contribution in [2.75, 3.05) is 19.6 Å². The minimum Gasteiger partial charge on any atom is -0.357 e. The minimum absolute atomic E-state index is 0. The molecule has 1 aliphatic heterocycles. The number of guanidine groups is 1. The summed E-state index contributed by atoms with van der Waals surface area (Å²) in [7, 11) is 0. The number of nitrogens with one attached hydrogen (secondary N) is 2. The van der Waals surface area contributed by atoms with Crippen molar-refractivity contribution in [1.82, 2.24) is 15.5 Å². The van der Waals surface area contributed by atoms with E-state index in [1.54, 1.807) is 12.1 Å². The topological polar surface area (TPSA) is 56.7 Å². The molecule has 0 spiro atoms. The summed E-state index contributed by atoms with van der Waals surface area (Å²) in [5.41, 5.74) is 3.57. The van der Waals surface area contributed by atoms with Crippen molar-refractivity contribution in [3.05, 3.63) is 71.0 Å². The lowest BCUT2D eigenvalue weighted by Crippen LogP contribution is -2.38. The fourth-order valence-corrected chi connectivity index (χ4v) is 3.41. The number of hydrogen-bond donors (Lipinski definition) is 2. The van der Waals surface area contributed by atoms with Crippen LogP contribution in [0.3, 0.4) is 0 Å². The van der Waals surface area contributed by atoms with E-state index in [2.05, 4.69) is 27.8 Å². The Balaban J connectivity index is 0.00000320. The number of carbonyl (C=O) groups excluding carboxylic acids is 1. The summed E-state index contributed by atoms with van der Waals surface area (Å²) in [4.78, 5) is 18.9. The smallest absolute Gasteiger partial charge is 0.223 e. The second-order valence-corrected chi connectivity index (χ2v) is 7.19. The second kappa shape index (κ2) is 12.5. The van der Waals surface area contributed by atoms with E-state index in [9.17, 15) is 9.18 Å². The molecule has 2 aromatic carbocycles. The normalized spacial score (nSPS) is 12.9. The molecule has 0 bridgehead atoms. The summed E-state index contributed by atoms with van der Waals surface area (Å²) in [5.74, 6) is 0.713. The van der Waals surface area contributed by atoms with Crippen LogP contribution >= 0.6 is 24.0 Å². The number of amides is 1. The molecule has 0 unspecified atom stereocenters. The summed E-state index contributed by atoms with van der Waals surface area (Å²) in [6, 6.07) is 14.8. The third kappa shape index (κ3) is 7.27. The van der Waals surface area contributed by atoms with Crippen LogP contribution in [-0.2, 0) is 24.3 Å². The average Bonchev–Trinajstić information content (AvgIpc) is 3.17. The van der Waals surface area contributed by atoms with Gasteiger partial charge >= 0.3 is 0 Å². The molecule has 1 heterocycles. The molecule has 1 amide bonds. The molecule has 0 aromatic heterocycles. The van der Waals surface area contributed by atoms with Crippen LogP contribution in [0, 0.1) is 5.82 Å². The maximum Gasteiger partial charge on any atom is 0.223 e. The Hall–Kier alpha value is -2.16. The van der Waals surface area contributed by atoms with E-state index in [0.29, 0.717) is 32.6 Å². The molecule has 2 aromatic rings. The molecule has 162 valence electrons. The highest BCUT2D eigenvalue weighted by Crippen LogP contribution is 2.22. The van der Waals surface area contributed by atoms with E-state index in [4.69, 9.17) is 0 Å². The molecule has 2 N–H and O–H groups in total. The number of rotatable bonds is 8. The van der Waals surface area contributed by atoms with E-state index in [-0.39, 0.29) is 35.7 Å². The van der Waals surface area contributed by atoms with Crippen LogP contribution in [-0.4, -0.2) is 36.4 Å². The van der Waals surface area contributed by atoms with Crippen molar-refractivity contribution in [2.24, 2.45) is 4.99 Å². The van der Waals surface area contributed by atoms with Crippen molar-refractivity contribution in [3.63, 3.8) is 0 Å². The molecule has 1 aliphatic rings. The van der Waals surface area contributed by atoms with Gasteiger partial charge in [0.15, 0.2) is 5.96 Å². The summed E-state index contributed by atoms with van der Waals surface area (Å²) in [5, 5.41) is 6.51. The molecule has 0 radical (unpaired) electrons. The summed E-state index contributed by atoms with van der Waals surface area (Å²) < 4.78 is 13.0. The first-order valence-electron chi connectivity index (χ1n) is 10.3. The fourth-order valence-electron chi connectivity index (χ4n) is 3.41.